The normalized spacial score (nSPS) is 14.7. The van der Waals surface area contributed by atoms with Crippen LogP contribution in [0.3, 0.4) is 0 Å². The zero-order valence-electron chi connectivity index (χ0n) is 11.0. The molecule has 106 valence electrons. The van der Waals surface area contributed by atoms with Crippen molar-refractivity contribution in [2.24, 2.45) is 5.73 Å². The summed E-state index contributed by atoms with van der Waals surface area (Å²) in [6.07, 6.45) is 2.87. The predicted octanol–water partition coefficient (Wildman–Crippen LogP) is 0.0208. The van der Waals surface area contributed by atoms with Gasteiger partial charge in [-0.25, -0.2) is 8.42 Å². The summed E-state index contributed by atoms with van der Waals surface area (Å²) >= 11 is 0. The van der Waals surface area contributed by atoms with Gasteiger partial charge < -0.3 is 11.1 Å². The largest absolute Gasteiger partial charge is 0.347 e. The van der Waals surface area contributed by atoms with Gasteiger partial charge in [-0.1, -0.05) is 6.07 Å². The first-order chi connectivity index (χ1) is 8.79. The molecule has 1 rings (SSSR count). The molecule has 0 aliphatic rings. The Morgan fingerprint density at radius 3 is 2.68 bits per heavy atom. The van der Waals surface area contributed by atoms with Gasteiger partial charge >= 0.3 is 0 Å². The van der Waals surface area contributed by atoms with Crippen LogP contribution in [0.25, 0.3) is 0 Å². The quantitative estimate of drug-likeness (QED) is 0.767. The maximum Gasteiger partial charge on any atom is 0.237 e. The van der Waals surface area contributed by atoms with E-state index in [0.717, 1.165) is 11.9 Å². The molecular weight excluding hydrogens is 266 g/mol. The Kier molecular flexibility index (Phi) is 5.44. The number of carbonyl (C=O) groups excluding carboxylic acids is 1. The van der Waals surface area contributed by atoms with Crippen molar-refractivity contribution in [2.75, 3.05) is 12.0 Å². The average molecular weight is 285 g/mol. The van der Waals surface area contributed by atoms with Crippen molar-refractivity contribution in [3.05, 3.63) is 30.1 Å². The first-order valence-corrected chi connectivity index (χ1v) is 8.00. The number of rotatable bonds is 6. The minimum atomic E-state index is -3.11. The number of nitrogens with two attached hydrogens (primary N) is 1. The molecule has 3 N–H and O–H groups in total. The summed E-state index contributed by atoms with van der Waals surface area (Å²) in [5.74, 6) is -0.471. The summed E-state index contributed by atoms with van der Waals surface area (Å²) < 4.78 is 22.0. The van der Waals surface area contributed by atoms with Crippen LogP contribution in [0, 0.1) is 0 Å². The number of nitrogens with one attached hydrogen (secondary N) is 1. The van der Waals surface area contributed by atoms with Crippen LogP contribution in [0.5, 0.6) is 0 Å². The Morgan fingerprint density at radius 2 is 2.16 bits per heavy atom. The molecule has 1 aromatic rings. The Morgan fingerprint density at radius 1 is 1.47 bits per heavy atom. The average Bonchev–Trinajstić information content (AvgIpc) is 2.36. The van der Waals surface area contributed by atoms with Gasteiger partial charge in [-0.2, -0.15) is 0 Å². The van der Waals surface area contributed by atoms with Crippen molar-refractivity contribution in [1.29, 1.82) is 0 Å². The monoisotopic (exact) mass is 285 g/mol. The van der Waals surface area contributed by atoms with E-state index in [9.17, 15) is 13.2 Å². The Labute approximate surface area is 113 Å². The number of hydrogen-bond acceptors (Lipinski definition) is 5. The summed E-state index contributed by atoms with van der Waals surface area (Å²) in [5.41, 5.74) is 6.38. The molecule has 0 saturated heterocycles. The van der Waals surface area contributed by atoms with Crippen molar-refractivity contribution in [3.63, 3.8) is 0 Å². The minimum Gasteiger partial charge on any atom is -0.347 e. The highest BCUT2D eigenvalue weighted by Gasteiger charge is 2.18. The van der Waals surface area contributed by atoms with Crippen LogP contribution in [0.15, 0.2) is 24.4 Å². The minimum absolute atomic E-state index is 0.0977. The first kappa shape index (κ1) is 15.6. The molecule has 0 bridgehead atoms. The molecule has 0 fully saturated rings. The zero-order valence-corrected chi connectivity index (χ0v) is 11.9. The van der Waals surface area contributed by atoms with E-state index in [4.69, 9.17) is 5.73 Å². The van der Waals surface area contributed by atoms with E-state index >= 15 is 0 Å². The van der Waals surface area contributed by atoms with Gasteiger partial charge in [0.2, 0.25) is 5.91 Å². The molecule has 2 atom stereocenters. The van der Waals surface area contributed by atoms with Gasteiger partial charge in [0.25, 0.3) is 0 Å². The SMILES string of the molecule is CC(NC(=O)C(N)CCS(C)(=O)=O)c1ccccn1. The lowest BCUT2D eigenvalue weighted by Crippen LogP contribution is -2.42. The van der Waals surface area contributed by atoms with Gasteiger partial charge in [-0.3, -0.25) is 9.78 Å². The second-order valence-electron chi connectivity index (χ2n) is 4.51. The van der Waals surface area contributed by atoms with Crippen LogP contribution in [0.2, 0.25) is 0 Å². The van der Waals surface area contributed by atoms with Gasteiger partial charge in [0.15, 0.2) is 0 Å². The lowest BCUT2D eigenvalue weighted by atomic mass is 10.1. The lowest BCUT2D eigenvalue weighted by Gasteiger charge is -2.16. The molecule has 1 amide bonds. The first-order valence-electron chi connectivity index (χ1n) is 5.94. The van der Waals surface area contributed by atoms with Gasteiger partial charge in [0.1, 0.15) is 9.84 Å². The summed E-state index contributed by atoms with van der Waals surface area (Å²) in [7, 11) is -3.11. The number of amides is 1. The van der Waals surface area contributed by atoms with E-state index in [0.29, 0.717) is 0 Å². The van der Waals surface area contributed by atoms with Crippen LogP contribution in [0.4, 0.5) is 0 Å². The Balaban J connectivity index is 2.50. The number of sulfone groups is 1. The fourth-order valence-electron chi connectivity index (χ4n) is 1.50. The molecule has 1 heterocycles. The van der Waals surface area contributed by atoms with E-state index in [2.05, 4.69) is 10.3 Å². The van der Waals surface area contributed by atoms with Crippen molar-refractivity contribution >= 4 is 15.7 Å². The van der Waals surface area contributed by atoms with E-state index in [1.165, 1.54) is 0 Å². The molecule has 6 nitrogen and oxygen atoms in total. The number of nitrogens with zero attached hydrogens (tertiary/aromatic N) is 1. The summed E-state index contributed by atoms with van der Waals surface area (Å²) in [6, 6.07) is 4.32. The molecule has 19 heavy (non-hydrogen) atoms. The highest BCUT2D eigenvalue weighted by molar-refractivity contribution is 7.90. The summed E-state index contributed by atoms with van der Waals surface area (Å²) in [4.78, 5) is 15.9. The fourth-order valence-corrected chi connectivity index (χ4v) is 2.18. The maximum atomic E-state index is 11.8. The van der Waals surface area contributed by atoms with E-state index < -0.39 is 15.9 Å². The molecule has 0 saturated carbocycles. The molecule has 0 aliphatic heterocycles. The van der Waals surface area contributed by atoms with E-state index in [1.807, 2.05) is 6.07 Å². The van der Waals surface area contributed by atoms with Crippen LogP contribution in [-0.2, 0) is 14.6 Å². The zero-order chi connectivity index (χ0) is 14.5. The summed E-state index contributed by atoms with van der Waals surface area (Å²) in [5, 5.41) is 2.71. The molecule has 2 unspecified atom stereocenters. The topological polar surface area (TPSA) is 102 Å². The van der Waals surface area contributed by atoms with Crippen molar-refractivity contribution < 1.29 is 13.2 Å². The third-order valence-corrected chi connectivity index (χ3v) is 3.60. The molecule has 0 radical (unpaired) electrons. The highest BCUT2D eigenvalue weighted by atomic mass is 32.2. The highest BCUT2D eigenvalue weighted by Crippen LogP contribution is 2.08. The number of hydrogen-bond donors (Lipinski definition) is 2. The van der Waals surface area contributed by atoms with E-state index in [-0.39, 0.29) is 24.1 Å². The van der Waals surface area contributed by atoms with Crippen molar-refractivity contribution in [1.82, 2.24) is 10.3 Å². The van der Waals surface area contributed by atoms with Gasteiger partial charge in [0.05, 0.1) is 23.5 Å². The lowest BCUT2D eigenvalue weighted by molar-refractivity contribution is -0.123. The third kappa shape index (κ3) is 5.80. The molecule has 7 heteroatoms. The van der Waals surface area contributed by atoms with Crippen LogP contribution in [-0.4, -0.2) is 37.4 Å². The van der Waals surface area contributed by atoms with Crippen LogP contribution < -0.4 is 11.1 Å². The number of aromatic nitrogens is 1. The smallest absolute Gasteiger partial charge is 0.237 e. The molecule has 1 aromatic heterocycles. The summed E-state index contributed by atoms with van der Waals surface area (Å²) in [6.45, 7) is 1.80. The Hall–Kier alpha value is -1.47. The third-order valence-electron chi connectivity index (χ3n) is 2.63. The second-order valence-corrected chi connectivity index (χ2v) is 6.77. The van der Waals surface area contributed by atoms with Crippen LogP contribution in [0.1, 0.15) is 25.1 Å². The second kappa shape index (κ2) is 6.63. The van der Waals surface area contributed by atoms with Gasteiger partial charge in [0, 0.05) is 12.5 Å². The molecular formula is C12H19N3O3S. The van der Waals surface area contributed by atoms with Crippen LogP contribution >= 0.6 is 0 Å². The number of pyridine rings is 1. The number of carbonyl (C=O) groups is 1. The molecule has 0 aromatic carbocycles. The van der Waals surface area contributed by atoms with Gasteiger partial charge in [-0.15, -0.1) is 0 Å². The van der Waals surface area contributed by atoms with Gasteiger partial charge in [-0.05, 0) is 25.5 Å². The fraction of sp³-hybridized carbons (Fsp3) is 0.500. The van der Waals surface area contributed by atoms with Crippen molar-refractivity contribution in [2.45, 2.75) is 25.4 Å². The molecule has 0 aliphatic carbocycles. The molecule has 0 spiro atoms. The van der Waals surface area contributed by atoms with Crippen molar-refractivity contribution in [3.8, 4) is 0 Å². The predicted molar refractivity (Wildman–Crippen MR) is 73.1 cm³/mol. The standard InChI is InChI=1S/C12H19N3O3S/c1-9(11-5-3-4-7-14-11)15-12(16)10(13)6-8-19(2,17)18/h3-5,7,9-10H,6,8,13H2,1-2H3,(H,15,16). The maximum absolute atomic E-state index is 11.8. The Bertz CT molecular complexity index is 516. The van der Waals surface area contributed by atoms with E-state index in [1.54, 1.807) is 25.3 Å².